The topological polar surface area (TPSA) is 70.7 Å². The Bertz CT molecular complexity index is 1070. The highest BCUT2D eigenvalue weighted by Crippen LogP contribution is 2.37. The molecule has 28 heavy (non-hydrogen) atoms. The van der Waals surface area contributed by atoms with Crippen molar-refractivity contribution in [1.82, 2.24) is 10.3 Å². The highest BCUT2D eigenvalue weighted by Gasteiger charge is 2.31. The van der Waals surface area contributed by atoms with Gasteiger partial charge in [0.2, 0.25) is 0 Å². The molecule has 0 aromatic heterocycles. The van der Waals surface area contributed by atoms with Crippen molar-refractivity contribution in [3.63, 3.8) is 0 Å². The summed E-state index contributed by atoms with van der Waals surface area (Å²) in [6, 6.07) is 8.54. The van der Waals surface area contributed by atoms with Crippen molar-refractivity contribution in [2.24, 2.45) is 5.10 Å². The van der Waals surface area contributed by atoms with E-state index < -0.39 is 11.7 Å². The third-order valence-electron chi connectivity index (χ3n) is 4.16. The molecular weight excluding hydrogens is 406 g/mol. The summed E-state index contributed by atoms with van der Waals surface area (Å²) in [5.74, 6) is -1.44. The Morgan fingerprint density at radius 3 is 2.64 bits per heavy atom. The predicted molar refractivity (Wildman–Crippen MR) is 106 cm³/mol. The van der Waals surface area contributed by atoms with Gasteiger partial charge >= 0.3 is 0 Å². The number of anilines is 1. The number of nitrogen functional groups attached to an aromatic ring is 1. The van der Waals surface area contributed by atoms with Crippen LogP contribution in [0.25, 0.3) is 5.57 Å². The Morgan fingerprint density at radius 2 is 1.89 bits per heavy atom. The first-order chi connectivity index (χ1) is 13.4. The molecule has 0 spiro atoms. The molecule has 2 aliphatic rings. The first kappa shape index (κ1) is 18.5. The minimum absolute atomic E-state index is 0.0247. The van der Waals surface area contributed by atoms with Crippen LogP contribution in [0.2, 0.25) is 5.02 Å². The maximum atomic E-state index is 14.5. The van der Waals surface area contributed by atoms with E-state index in [-0.39, 0.29) is 34.3 Å². The van der Waals surface area contributed by atoms with Gasteiger partial charge in [-0.3, -0.25) is 4.79 Å². The van der Waals surface area contributed by atoms with Gasteiger partial charge in [-0.15, -0.1) is 0 Å². The lowest BCUT2D eigenvalue weighted by Gasteiger charge is -2.31. The SMILES string of the molecule is Nc1ccc(F)c(C2=C3C=CC(Sc4ccc(F)cc4)=NN3CNC2=O)c1Cl. The van der Waals surface area contributed by atoms with E-state index >= 15 is 0 Å². The molecule has 1 amide bonds. The molecule has 142 valence electrons. The molecule has 0 fully saturated rings. The fourth-order valence-corrected chi connectivity index (χ4v) is 3.88. The number of hydrazone groups is 1. The van der Waals surface area contributed by atoms with Crippen LogP contribution in [0.3, 0.4) is 0 Å². The van der Waals surface area contributed by atoms with Crippen LogP contribution in [0.1, 0.15) is 5.56 Å². The molecule has 9 heteroatoms. The highest BCUT2D eigenvalue weighted by molar-refractivity contribution is 8.14. The van der Waals surface area contributed by atoms with Crippen LogP contribution >= 0.6 is 23.4 Å². The highest BCUT2D eigenvalue weighted by atomic mass is 35.5. The zero-order valence-corrected chi connectivity index (χ0v) is 15.8. The average Bonchev–Trinajstić information content (AvgIpc) is 2.68. The number of nitrogens with one attached hydrogen (secondary N) is 1. The minimum atomic E-state index is -0.650. The van der Waals surface area contributed by atoms with E-state index in [2.05, 4.69) is 10.4 Å². The third kappa shape index (κ3) is 3.36. The summed E-state index contributed by atoms with van der Waals surface area (Å²) in [7, 11) is 0. The number of hydrogen-bond donors (Lipinski definition) is 2. The van der Waals surface area contributed by atoms with Crippen molar-refractivity contribution in [2.75, 3.05) is 12.4 Å². The first-order valence-corrected chi connectivity index (χ1v) is 9.37. The molecule has 0 unspecified atom stereocenters. The molecule has 3 N–H and O–H groups in total. The van der Waals surface area contributed by atoms with E-state index in [1.165, 1.54) is 36.0 Å². The number of carbonyl (C=O) groups excluding carboxylic acids is 1. The summed E-state index contributed by atoms with van der Waals surface area (Å²) in [4.78, 5) is 13.3. The van der Waals surface area contributed by atoms with E-state index in [1.54, 1.807) is 29.3 Å². The zero-order chi connectivity index (χ0) is 19.8. The standard InChI is InChI=1S/C19H13ClF2N4OS/c20-18-13(23)6-5-12(22)16(18)17-14-7-8-15(25-26(14)9-24-19(17)27)28-11-3-1-10(21)2-4-11/h1-8H,9,23H2,(H,24,27). The monoisotopic (exact) mass is 418 g/mol. The normalized spacial score (nSPS) is 16.0. The number of nitrogens with zero attached hydrogens (tertiary/aromatic N) is 2. The number of fused-ring (bicyclic) bond motifs is 1. The molecule has 5 nitrogen and oxygen atoms in total. The van der Waals surface area contributed by atoms with Gasteiger partial charge < -0.3 is 11.1 Å². The molecule has 0 aliphatic carbocycles. The van der Waals surface area contributed by atoms with Crippen LogP contribution in [0.5, 0.6) is 0 Å². The van der Waals surface area contributed by atoms with Crippen LogP contribution in [0.4, 0.5) is 14.5 Å². The van der Waals surface area contributed by atoms with E-state index in [0.29, 0.717) is 10.7 Å². The van der Waals surface area contributed by atoms with Crippen molar-refractivity contribution in [3.8, 4) is 0 Å². The van der Waals surface area contributed by atoms with E-state index in [4.69, 9.17) is 17.3 Å². The van der Waals surface area contributed by atoms with Gasteiger partial charge in [-0.25, -0.2) is 13.8 Å². The van der Waals surface area contributed by atoms with Crippen molar-refractivity contribution in [2.45, 2.75) is 4.90 Å². The van der Waals surface area contributed by atoms with E-state index in [0.717, 1.165) is 4.90 Å². The fourth-order valence-electron chi connectivity index (χ4n) is 2.84. The molecule has 2 aliphatic heterocycles. The Labute approximate surface area is 168 Å². The molecular formula is C19H13ClF2N4OS. The van der Waals surface area contributed by atoms with Crippen LogP contribution in [0, 0.1) is 11.6 Å². The number of halogens is 3. The molecule has 2 heterocycles. The molecule has 2 aromatic carbocycles. The fraction of sp³-hybridized carbons (Fsp3) is 0.0526. The number of rotatable bonds is 2. The number of carbonyl (C=O) groups is 1. The second-order valence-corrected chi connectivity index (χ2v) is 7.45. The zero-order valence-electron chi connectivity index (χ0n) is 14.2. The molecule has 0 bridgehead atoms. The Kier molecular flexibility index (Phi) is 4.82. The van der Waals surface area contributed by atoms with Crippen LogP contribution in [-0.4, -0.2) is 22.6 Å². The Balaban J connectivity index is 1.73. The van der Waals surface area contributed by atoms with Gasteiger partial charge in [0.15, 0.2) is 0 Å². The summed E-state index contributed by atoms with van der Waals surface area (Å²) >= 11 is 7.52. The molecule has 2 aromatic rings. The number of thioether (sulfide) groups is 1. The van der Waals surface area contributed by atoms with Gasteiger partial charge in [0.05, 0.1) is 22.0 Å². The first-order valence-electron chi connectivity index (χ1n) is 8.18. The number of nitrogens with two attached hydrogens (primary N) is 1. The Morgan fingerprint density at radius 1 is 1.14 bits per heavy atom. The van der Waals surface area contributed by atoms with Crippen molar-refractivity contribution in [1.29, 1.82) is 0 Å². The summed E-state index contributed by atoms with van der Waals surface area (Å²) in [6.45, 7) is 0.122. The number of hydrogen-bond acceptors (Lipinski definition) is 5. The summed E-state index contributed by atoms with van der Waals surface area (Å²) < 4.78 is 27.5. The van der Waals surface area contributed by atoms with Gasteiger partial charge in [0.25, 0.3) is 5.91 Å². The maximum Gasteiger partial charge on any atom is 0.255 e. The van der Waals surface area contributed by atoms with Gasteiger partial charge in [0.1, 0.15) is 23.3 Å². The number of amides is 1. The van der Waals surface area contributed by atoms with Gasteiger partial charge in [-0.2, -0.15) is 5.10 Å². The molecule has 0 saturated carbocycles. The largest absolute Gasteiger partial charge is 0.398 e. The predicted octanol–water partition coefficient (Wildman–Crippen LogP) is 3.98. The lowest BCUT2D eigenvalue weighted by atomic mass is 9.99. The van der Waals surface area contributed by atoms with Crippen LogP contribution in [-0.2, 0) is 4.79 Å². The molecule has 0 saturated heterocycles. The summed E-state index contributed by atoms with van der Waals surface area (Å²) in [6.07, 6.45) is 3.38. The van der Waals surface area contributed by atoms with Crippen LogP contribution in [0.15, 0.2) is 64.2 Å². The maximum absolute atomic E-state index is 14.5. The van der Waals surface area contributed by atoms with Crippen molar-refractivity contribution < 1.29 is 13.6 Å². The molecule has 4 rings (SSSR count). The van der Waals surface area contributed by atoms with E-state index in [1.807, 2.05) is 0 Å². The van der Waals surface area contributed by atoms with Crippen molar-refractivity contribution >= 4 is 45.6 Å². The number of benzene rings is 2. The smallest absolute Gasteiger partial charge is 0.255 e. The lowest BCUT2D eigenvalue weighted by molar-refractivity contribution is -0.116. The van der Waals surface area contributed by atoms with Crippen LogP contribution < -0.4 is 11.1 Å². The molecule has 0 atom stereocenters. The van der Waals surface area contributed by atoms with Gasteiger partial charge in [-0.05, 0) is 48.6 Å². The third-order valence-corrected chi connectivity index (χ3v) is 5.50. The summed E-state index contributed by atoms with van der Waals surface area (Å²) in [5, 5.41) is 9.28. The lowest BCUT2D eigenvalue weighted by Crippen LogP contribution is -2.42. The van der Waals surface area contributed by atoms with E-state index in [9.17, 15) is 13.6 Å². The summed E-state index contributed by atoms with van der Waals surface area (Å²) in [5.41, 5.74) is 6.37. The van der Waals surface area contributed by atoms with Gasteiger partial charge in [-0.1, -0.05) is 23.4 Å². The molecule has 0 radical (unpaired) electrons. The van der Waals surface area contributed by atoms with Crippen molar-refractivity contribution in [3.05, 3.63) is 76.5 Å². The van der Waals surface area contributed by atoms with Gasteiger partial charge in [0, 0.05) is 10.5 Å². The quantitative estimate of drug-likeness (QED) is 0.724. The minimum Gasteiger partial charge on any atom is -0.398 e. The Hall–Kier alpha value is -2.84. The number of allylic oxidation sites excluding steroid dienone is 1. The second-order valence-electron chi connectivity index (χ2n) is 5.98. The second kappa shape index (κ2) is 7.29. The average molecular weight is 419 g/mol.